The number of non-ortho nitro benzene ring substituents is 1. The number of aryl methyl sites for hydroxylation is 2. The molecule has 0 saturated carbocycles. The summed E-state index contributed by atoms with van der Waals surface area (Å²) in [6.45, 7) is 3.41. The predicted molar refractivity (Wildman–Crippen MR) is 76.8 cm³/mol. The molecule has 0 aromatic heterocycles. The van der Waals surface area contributed by atoms with Crippen molar-refractivity contribution >= 4 is 15.8 Å². The summed E-state index contributed by atoms with van der Waals surface area (Å²) in [4.78, 5) is 9.90. The van der Waals surface area contributed by atoms with Crippen LogP contribution in [0.15, 0.2) is 47.4 Å². The smallest absolute Gasteiger partial charge is 0.339 e. The number of nitrogens with zero attached hydrogens (tertiary/aromatic N) is 1. The minimum absolute atomic E-state index is 0.159. The summed E-state index contributed by atoms with van der Waals surface area (Å²) in [6.07, 6.45) is 0. The highest BCUT2D eigenvalue weighted by molar-refractivity contribution is 7.87. The van der Waals surface area contributed by atoms with Crippen molar-refractivity contribution in [1.82, 2.24) is 0 Å². The molecule has 0 heterocycles. The zero-order chi connectivity index (χ0) is 15.6. The van der Waals surface area contributed by atoms with E-state index < -0.39 is 15.0 Å². The monoisotopic (exact) mass is 307 g/mol. The maximum Gasteiger partial charge on any atom is 0.339 e. The zero-order valence-electron chi connectivity index (χ0n) is 11.4. The van der Waals surface area contributed by atoms with Gasteiger partial charge in [-0.15, -0.1) is 0 Å². The number of nitro groups is 1. The van der Waals surface area contributed by atoms with E-state index in [0.717, 1.165) is 11.6 Å². The van der Waals surface area contributed by atoms with Crippen LogP contribution in [0.5, 0.6) is 5.75 Å². The Bertz CT molecular complexity index is 782. The average molecular weight is 307 g/mol. The highest BCUT2D eigenvalue weighted by Gasteiger charge is 2.22. The molecule has 2 rings (SSSR count). The minimum Gasteiger partial charge on any atom is -0.379 e. The molecule has 0 amide bonds. The molecule has 0 unspecified atom stereocenters. The Morgan fingerprint density at radius 2 is 1.67 bits per heavy atom. The molecule has 0 spiro atoms. The van der Waals surface area contributed by atoms with E-state index in [2.05, 4.69) is 0 Å². The third-order valence-corrected chi connectivity index (χ3v) is 4.27. The molecule has 0 radical (unpaired) electrons. The van der Waals surface area contributed by atoms with Crippen LogP contribution in [0, 0.1) is 24.0 Å². The fraction of sp³-hybridized carbons (Fsp3) is 0.143. The van der Waals surface area contributed by atoms with E-state index in [4.69, 9.17) is 4.18 Å². The van der Waals surface area contributed by atoms with Crippen LogP contribution in [0.25, 0.3) is 0 Å². The summed E-state index contributed by atoms with van der Waals surface area (Å²) in [6, 6.07) is 10.1. The molecule has 6 nitrogen and oxygen atoms in total. The SMILES string of the molecule is Cc1ccc(OS(=O)(=O)c2cc([N+](=O)[O-])ccc2C)cc1. The second-order valence-electron chi connectivity index (χ2n) is 4.56. The van der Waals surface area contributed by atoms with Crippen molar-refractivity contribution in [3.8, 4) is 5.75 Å². The molecule has 2 aromatic rings. The van der Waals surface area contributed by atoms with Gasteiger partial charge in [0.25, 0.3) is 5.69 Å². The largest absolute Gasteiger partial charge is 0.379 e. The van der Waals surface area contributed by atoms with Gasteiger partial charge in [-0.05, 0) is 31.5 Å². The molecule has 0 aliphatic carbocycles. The van der Waals surface area contributed by atoms with Gasteiger partial charge in [0.1, 0.15) is 10.6 Å². The van der Waals surface area contributed by atoms with Crippen molar-refractivity contribution in [2.75, 3.05) is 0 Å². The summed E-state index contributed by atoms with van der Waals surface area (Å²) >= 11 is 0. The highest BCUT2D eigenvalue weighted by atomic mass is 32.2. The second kappa shape index (κ2) is 5.53. The molecule has 0 fully saturated rings. The van der Waals surface area contributed by atoms with Gasteiger partial charge in [-0.3, -0.25) is 10.1 Å². The molecular formula is C14H13NO5S. The second-order valence-corrected chi connectivity index (χ2v) is 6.07. The topological polar surface area (TPSA) is 86.5 Å². The molecule has 7 heteroatoms. The van der Waals surface area contributed by atoms with Gasteiger partial charge in [0.15, 0.2) is 0 Å². The Morgan fingerprint density at radius 3 is 2.24 bits per heavy atom. The number of hydrogen-bond acceptors (Lipinski definition) is 5. The van der Waals surface area contributed by atoms with Crippen molar-refractivity contribution < 1.29 is 17.5 Å². The Hall–Kier alpha value is -2.41. The normalized spacial score (nSPS) is 11.1. The first-order chi connectivity index (χ1) is 9.79. The van der Waals surface area contributed by atoms with Gasteiger partial charge in [-0.2, -0.15) is 8.42 Å². The van der Waals surface area contributed by atoms with E-state index in [-0.39, 0.29) is 16.3 Å². The van der Waals surface area contributed by atoms with Crippen LogP contribution in [0.1, 0.15) is 11.1 Å². The quantitative estimate of drug-likeness (QED) is 0.492. The van der Waals surface area contributed by atoms with Gasteiger partial charge < -0.3 is 4.18 Å². The van der Waals surface area contributed by atoms with Crippen LogP contribution in [0.3, 0.4) is 0 Å². The van der Waals surface area contributed by atoms with Crippen LogP contribution in [-0.4, -0.2) is 13.3 Å². The molecular weight excluding hydrogens is 294 g/mol. The Balaban J connectivity index is 2.41. The number of benzene rings is 2. The molecule has 110 valence electrons. The maximum absolute atomic E-state index is 12.2. The fourth-order valence-corrected chi connectivity index (χ4v) is 2.92. The van der Waals surface area contributed by atoms with E-state index in [1.165, 1.54) is 24.3 Å². The minimum atomic E-state index is -4.12. The van der Waals surface area contributed by atoms with Crippen molar-refractivity contribution in [1.29, 1.82) is 0 Å². The standard InChI is InChI=1S/C14H13NO5S/c1-10-3-7-13(8-4-10)20-21(18,19)14-9-12(15(16)17)6-5-11(14)2/h3-9H,1-2H3. The van der Waals surface area contributed by atoms with Crippen molar-refractivity contribution in [2.24, 2.45) is 0 Å². The lowest BCUT2D eigenvalue weighted by Crippen LogP contribution is -2.11. The first-order valence-corrected chi connectivity index (χ1v) is 7.46. The lowest BCUT2D eigenvalue weighted by atomic mass is 10.2. The van der Waals surface area contributed by atoms with Gasteiger partial charge in [0.05, 0.1) is 4.92 Å². The molecule has 0 aliphatic rings. The fourth-order valence-electron chi connectivity index (χ4n) is 1.74. The maximum atomic E-state index is 12.2. The number of rotatable bonds is 4. The molecule has 0 bridgehead atoms. The van der Waals surface area contributed by atoms with E-state index in [1.54, 1.807) is 19.1 Å². The molecule has 0 N–H and O–H groups in total. The van der Waals surface area contributed by atoms with Gasteiger partial charge in [-0.25, -0.2) is 0 Å². The van der Waals surface area contributed by atoms with Crippen LogP contribution < -0.4 is 4.18 Å². The van der Waals surface area contributed by atoms with E-state index in [9.17, 15) is 18.5 Å². The van der Waals surface area contributed by atoms with Crippen molar-refractivity contribution in [2.45, 2.75) is 18.7 Å². The Morgan fingerprint density at radius 1 is 1.05 bits per heavy atom. The van der Waals surface area contributed by atoms with E-state index in [1.807, 2.05) is 6.92 Å². The Labute approximate surface area is 122 Å². The molecule has 0 aliphatic heterocycles. The summed E-state index contributed by atoms with van der Waals surface area (Å²) in [7, 11) is -4.12. The van der Waals surface area contributed by atoms with Crippen LogP contribution in [0.4, 0.5) is 5.69 Å². The first-order valence-electron chi connectivity index (χ1n) is 6.06. The van der Waals surface area contributed by atoms with Crippen LogP contribution in [0.2, 0.25) is 0 Å². The third-order valence-electron chi connectivity index (χ3n) is 2.88. The average Bonchev–Trinajstić information content (AvgIpc) is 2.41. The van der Waals surface area contributed by atoms with E-state index >= 15 is 0 Å². The van der Waals surface area contributed by atoms with Crippen LogP contribution in [-0.2, 0) is 10.1 Å². The third kappa shape index (κ3) is 3.38. The highest BCUT2D eigenvalue weighted by Crippen LogP contribution is 2.25. The first kappa shape index (κ1) is 15.0. The summed E-state index contributed by atoms with van der Waals surface area (Å²) in [5.74, 6) is 0.159. The van der Waals surface area contributed by atoms with Gasteiger partial charge >= 0.3 is 10.1 Å². The predicted octanol–water partition coefficient (Wildman–Crippen LogP) is 2.98. The number of nitro benzene ring substituents is 1. The van der Waals surface area contributed by atoms with Gasteiger partial charge in [0.2, 0.25) is 0 Å². The lowest BCUT2D eigenvalue weighted by molar-refractivity contribution is -0.385. The number of hydrogen-bond donors (Lipinski definition) is 0. The van der Waals surface area contributed by atoms with Crippen molar-refractivity contribution in [3.63, 3.8) is 0 Å². The van der Waals surface area contributed by atoms with Crippen LogP contribution >= 0.6 is 0 Å². The summed E-state index contributed by atoms with van der Waals surface area (Å²) in [5, 5.41) is 10.8. The van der Waals surface area contributed by atoms with Gasteiger partial charge in [-0.1, -0.05) is 23.8 Å². The van der Waals surface area contributed by atoms with Gasteiger partial charge in [0, 0.05) is 12.1 Å². The van der Waals surface area contributed by atoms with E-state index in [0.29, 0.717) is 5.56 Å². The summed E-state index contributed by atoms with van der Waals surface area (Å²) < 4.78 is 29.5. The zero-order valence-corrected chi connectivity index (χ0v) is 12.3. The summed E-state index contributed by atoms with van der Waals surface area (Å²) in [5.41, 5.74) is 1.05. The van der Waals surface area contributed by atoms with Crippen molar-refractivity contribution in [3.05, 3.63) is 63.7 Å². The Kier molecular flexibility index (Phi) is 3.95. The lowest BCUT2D eigenvalue weighted by Gasteiger charge is -2.09. The molecule has 0 atom stereocenters. The molecule has 2 aromatic carbocycles. The molecule has 21 heavy (non-hydrogen) atoms. The molecule has 0 saturated heterocycles.